The van der Waals surface area contributed by atoms with E-state index in [-0.39, 0.29) is 0 Å². The highest BCUT2D eigenvalue weighted by molar-refractivity contribution is 4.99. The molecule has 1 aromatic rings. The lowest BCUT2D eigenvalue weighted by Crippen LogP contribution is -2.25. The molecule has 0 aliphatic heterocycles. The van der Waals surface area contributed by atoms with Crippen LogP contribution in [0.4, 0.5) is 0 Å². The number of H-pyrrole nitrogens is 1. The first-order valence-corrected chi connectivity index (χ1v) is 6.46. The molecule has 0 amide bonds. The van der Waals surface area contributed by atoms with Gasteiger partial charge in [0.15, 0.2) is 0 Å². The molecule has 1 aromatic heterocycles. The van der Waals surface area contributed by atoms with Crippen LogP contribution >= 0.6 is 0 Å². The molecule has 2 N–H and O–H groups in total. The maximum Gasteiger partial charge on any atom is 0.103 e. The maximum absolute atomic E-state index is 4.19. The van der Waals surface area contributed by atoms with E-state index < -0.39 is 0 Å². The lowest BCUT2D eigenvalue weighted by atomic mass is 10.1. The molecule has 16 heavy (non-hydrogen) atoms. The predicted octanol–water partition coefficient (Wildman–Crippen LogP) is 3.17. The fraction of sp³-hybridized carbons (Fsp3) is 0.769. The molecule has 0 saturated carbocycles. The summed E-state index contributed by atoms with van der Waals surface area (Å²) in [5.74, 6) is 0.993. The third-order valence-corrected chi connectivity index (χ3v) is 2.89. The van der Waals surface area contributed by atoms with Gasteiger partial charge in [-0.3, -0.25) is 0 Å². The number of nitrogens with zero attached hydrogens (tertiary/aromatic N) is 1. The first-order valence-electron chi connectivity index (χ1n) is 6.46. The van der Waals surface area contributed by atoms with Crippen molar-refractivity contribution < 1.29 is 0 Å². The van der Waals surface area contributed by atoms with Gasteiger partial charge in [-0.2, -0.15) is 0 Å². The van der Waals surface area contributed by atoms with Crippen molar-refractivity contribution >= 4 is 0 Å². The largest absolute Gasteiger partial charge is 0.345 e. The molecular formula is C13H25N3. The maximum atomic E-state index is 4.19. The highest BCUT2D eigenvalue weighted by Gasteiger charge is 2.02. The molecular weight excluding hydrogens is 198 g/mol. The second-order valence-corrected chi connectivity index (χ2v) is 4.63. The molecule has 0 radical (unpaired) electrons. The molecule has 0 bridgehead atoms. The number of imidazole rings is 1. The molecule has 1 unspecified atom stereocenters. The standard InChI is InChI=1S/C13H25N3/c1-4-5-6-7-8-11(2)14-9-13-10-15-12(3)16-13/h10-11,14H,4-9H2,1-3H3,(H,15,16). The molecule has 0 saturated heterocycles. The van der Waals surface area contributed by atoms with Crippen LogP contribution in [0, 0.1) is 6.92 Å². The van der Waals surface area contributed by atoms with Crippen molar-refractivity contribution in [2.75, 3.05) is 0 Å². The number of nitrogens with one attached hydrogen (secondary N) is 2. The summed E-state index contributed by atoms with van der Waals surface area (Å²) in [6, 6.07) is 0.598. The lowest BCUT2D eigenvalue weighted by Gasteiger charge is -2.12. The minimum Gasteiger partial charge on any atom is -0.345 e. The van der Waals surface area contributed by atoms with E-state index in [4.69, 9.17) is 0 Å². The van der Waals surface area contributed by atoms with Crippen molar-refractivity contribution in [1.29, 1.82) is 0 Å². The molecule has 0 aromatic carbocycles. The monoisotopic (exact) mass is 223 g/mol. The van der Waals surface area contributed by atoms with E-state index in [0.29, 0.717) is 6.04 Å². The molecule has 3 heteroatoms. The molecule has 0 aliphatic carbocycles. The van der Waals surface area contributed by atoms with E-state index in [1.807, 2.05) is 13.1 Å². The zero-order chi connectivity index (χ0) is 11.8. The van der Waals surface area contributed by atoms with Crippen LogP contribution in [0.5, 0.6) is 0 Å². The Labute approximate surface area is 99.1 Å². The van der Waals surface area contributed by atoms with Crippen molar-refractivity contribution in [3.63, 3.8) is 0 Å². The van der Waals surface area contributed by atoms with Gasteiger partial charge in [-0.15, -0.1) is 0 Å². The van der Waals surface area contributed by atoms with Crippen molar-refractivity contribution in [3.05, 3.63) is 17.7 Å². The Hall–Kier alpha value is -0.830. The summed E-state index contributed by atoms with van der Waals surface area (Å²) >= 11 is 0. The van der Waals surface area contributed by atoms with Gasteiger partial charge in [-0.25, -0.2) is 4.98 Å². The smallest absolute Gasteiger partial charge is 0.103 e. The van der Waals surface area contributed by atoms with E-state index in [1.54, 1.807) is 0 Å². The van der Waals surface area contributed by atoms with Gasteiger partial charge in [0.2, 0.25) is 0 Å². The van der Waals surface area contributed by atoms with Crippen molar-refractivity contribution in [1.82, 2.24) is 15.3 Å². The molecule has 3 nitrogen and oxygen atoms in total. The van der Waals surface area contributed by atoms with E-state index in [9.17, 15) is 0 Å². The third-order valence-electron chi connectivity index (χ3n) is 2.89. The third kappa shape index (κ3) is 5.31. The van der Waals surface area contributed by atoms with Crippen molar-refractivity contribution in [2.45, 2.75) is 65.5 Å². The Morgan fingerprint density at radius 2 is 2.19 bits per heavy atom. The zero-order valence-electron chi connectivity index (χ0n) is 10.8. The summed E-state index contributed by atoms with van der Waals surface area (Å²) in [5, 5.41) is 3.52. The molecule has 92 valence electrons. The Balaban J connectivity index is 2.08. The SMILES string of the molecule is CCCCCCC(C)NCc1cnc(C)[nH]1. The number of hydrogen-bond donors (Lipinski definition) is 2. The Kier molecular flexibility index (Phi) is 6.16. The van der Waals surface area contributed by atoms with E-state index >= 15 is 0 Å². The van der Waals surface area contributed by atoms with E-state index in [1.165, 1.54) is 37.8 Å². The van der Waals surface area contributed by atoms with Crippen LogP contribution in [0.25, 0.3) is 0 Å². The zero-order valence-corrected chi connectivity index (χ0v) is 10.8. The summed E-state index contributed by atoms with van der Waals surface area (Å²) in [6.07, 6.45) is 8.57. The molecule has 0 spiro atoms. The molecule has 1 heterocycles. The quantitative estimate of drug-likeness (QED) is 0.665. The fourth-order valence-electron chi connectivity index (χ4n) is 1.83. The Morgan fingerprint density at radius 1 is 1.38 bits per heavy atom. The van der Waals surface area contributed by atoms with Crippen molar-refractivity contribution in [2.24, 2.45) is 0 Å². The van der Waals surface area contributed by atoms with E-state index in [0.717, 1.165) is 12.4 Å². The molecule has 0 aliphatic rings. The summed E-state index contributed by atoms with van der Waals surface area (Å²) in [5.41, 5.74) is 1.18. The first-order chi connectivity index (χ1) is 7.72. The summed E-state index contributed by atoms with van der Waals surface area (Å²) in [7, 11) is 0. The summed E-state index contributed by atoms with van der Waals surface area (Å²) in [6.45, 7) is 7.39. The summed E-state index contributed by atoms with van der Waals surface area (Å²) in [4.78, 5) is 7.42. The van der Waals surface area contributed by atoms with Gasteiger partial charge >= 0.3 is 0 Å². The van der Waals surface area contributed by atoms with Crippen molar-refractivity contribution in [3.8, 4) is 0 Å². The highest BCUT2D eigenvalue weighted by atomic mass is 15.0. The van der Waals surface area contributed by atoms with E-state index in [2.05, 4.69) is 29.1 Å². The van der Waals surface area contributed by atoms with Crippen LogP contribution < -0.4 is 5.32 Å². The number of aromatic amines is 1. The number of unbranched alkanes of at least 4 members (excludes halogenated alkanes) is 3. The fourth-order valence-corrected chi connectivity index (χ4v) is 1.83. The Morgan fingerprint density at radius 3 is 2.81 bits per heavy atom. The number of rotatable bonds is 8. The molecule has 0 fully saturated rings. The average Bonchev–Trinajstić information content (AvgIpc) is 2.68. The predicted molar refractivity (Wildman–Crippen MR) is 68.4 cm³/mol. The van der Waals surface area contributed by atoms with Gasteiger partial charge in [-0.1, -0.05) is 32.6 Å². The normalized spacial score (nSPS) is 12.9. The number of hydrogen-bond acceptors (Lipinski definition) is 2. The average molecular weight is 223 g/mol. The number of aryl methyl sites for hydroxylation is 1. The van der Waals surface area contributed by atoms with Crippen LogP contribution in [0.15, 0.2) is 6.20 Å². The lowest BCUT2D eigenvalue weighted by molar-refractivity contribution is 0.480. The second kappa shape index (κ2) is 7.44. The summed E-state index contributed by atoms with van der Waals surface area (Å²) < 4.78 is 0. The van der Waals surface area contributed by atoms with Gasteiger partial charge < -0.3 is 10.3 Å². The van der Waals surface area contributed by atoms with Gasteiger partial charge in [0.1, 0.15) is 5.82 Å². The Bertz CT molecular complexity index is 280. The van der Waals surface area contributed by atoms with Gasteiger partial charge in [0, 0.05) is 24.5 Å². The number of aromatic nitrogens is 2. The van der Waals surface area contributed by atoms with Crippen LogP contribution in [0.2, 0.25) is 0 Å². The van der Waals surface area contributed by atoms with Gasteiger partial charge in [0.05, 0.1) is 0 Å². The topological polar surface area (TPSA) is 40.7 Å². The van der Waals surface area contributed by atoms with Gasteiger partial charge in [0.25, 0.3) is 0 Å². The minimum atomic E-state index is 0.598. The molecule has 1 atom stereocenters. The van der Waals surface area contributed by atoms with Crippen LogP contribution in [-0.4, -0.2) is 16.0 Å². The second-order valence-electron chi connectivity index (χ2n) is 4.63. The molecule has 1 rings (SSSR count). The van der Waals surface area contributed by atoms with Crippen LogP contribution in [0.3, 0.4) is 0 Å². The highest BCUT2D eigenvalue weighted by Crippen LogP contribution is 2.05. The van der Waals surface area contributed by atoms with Crippen LogP contribution in [0.1, 0.15) is 57.5 Å². The van der Waals surface area contributed by atoms with Gasteiger partial charge in [-0.05, 0) is 20.3 Å². The van der Waals surface area contributed by atoms with Crippen LogP contribution in [-0.2, 0) is 6.54 Å². The minimum absolute atomic E-state index is 0.598. The first kappa shape index (κ1) is 13.2.